The van der Waals surface area contributed by atoms with Gasteiger partial charge in [-0.05, 0) is 79.4 Å². The molecule has 0 aromatic heterocycles. The second-order valence-corrected chi connectivity index (χ2v) is 12.1. The fourth-order valence-electron chi connectivity index (χ4n) is 6.79. The smallest absolute Gasteiger partial charge is 0.344 e. The third-order valence-electron chi connectivity index (χ3n) is 9.04. The first kappa shape index (κ1) is 30.0. The predicted octanol–water partition coefficient (Wildman–Crippen LogP) is 8.07. The number of hydrogen-bond acceptors (Lipinski definition) is 4. The van der Waals surface area contributed by atoms with Gasteiger partial charge in [-0.1, -0.05) is 97.6 Å². The molecular formula is C33H54O4. The second-order valence-electron chi connectivity index (χ2n) is 12.1. The lowest BCUT2D eigenvalue weighted by molar-refractivity contribution is -0.152. The standard InChI is InChI=1S/C33H54O4/c1-5-8-11-13-24(4)18-19-28-29-20-25-14-12-17-32(30(25)21-26(29)22-31(28)34)36-23-33(35)37-27(15-9-6-2)16-10-7-3/h12,14,17,24,26-29,31,34H,5-11,13,15-16,18-23H2,1-4H3/t24-,26-,28+,29-,31+/m0/s1. The minimum atomic E-state index is -0.257. The summed E-state index contributed by atoms with van der Waals surface area (Å²) < 4.78 is 11.9. The van der Waals surface area contributed by atoms with Gasteiger partial charge in [0.1, 0.15) is 11.9 Å². The van der Waals surface area contributed by atoms with Crippen molar-refractivity contribution in [2.45, 2.75) is 136 Å². The quantitative estimate of drug-likeness (QED) is 0.169. The Morgan fingerprint density at radius 3 is 2.41 bits per heavy atom. The number of carbonyl (C=O) groups is 1. The number of rotatable bonds is 17. The molecule has 1 N–H and O–H groups in total. The first-order valence-electron chi connectivity index (χ1n) is 15.6. The van der Waals surface area contributed by atoms with E-state index in [0.29, 0.717) is 17.8 Å². The van der Waals surface area contributed by atoms with Crippen LogP contribution in [0.15, 0.2) is 18.2 Å². The van der Waals surface area contributed by atoms with Gasteiger partial charge in [-0.3, -0.25) is 0 Å². The van der Waals surface area contributed by atoms with Gasteiger partial charge in [-0.2, -0.15) is 0 Å². The molecule has 4 heteroatoms. The average molecular weight is 515 g/mol. The summed E-state index contributed by atoms with van der Waals surface area (Å²) in [6.45, 7) is 8.97. The van der Waals surface area contributed by atoms with Crippen molar-refractivity contribution in [3.63, 3.8) is 0 Å². The summed E-state index contributed by atoms with van der Waals surface area (Å²) in [6, 6.07) is 6.28. The number of aliphatic hydroxyl groups excluding tert-OH is 1. The fourth-order valence-corrected chi connectivity index (χ4v) is 6.79. The number of aliphatic hydroxyl groups is 1. The molecule has 3 rings (SSSR count). The molecular weight excluding hydrogens is 460 g/mol. The molecule has 2 aliphatic carbocycles. The lowest BCUT2D eigenvalue weighted by Crippen LogP contribution is -2.28. The van der Waals surface area contributed by atoms with Crippen molar-refractivity contribution in [2.24, 2.45) is 23.7 Å². The molecule has 0 radical (unpaired) electrons. The predicted molar refractivity (Wildman–Crippen MR) is 152 cm³/mol. The highest BCUT2D eigenvalue weighted by molar-refractivity contribution is 5.71. The number of benzene rings is 1. The second kappa shape index (κ2) is 15.8. The Hall–Kier alpha value is -1.55. The van der Waals surface area contributed by atoms with Crippen molar-refractivity contribution >= 4 is 5.97 Å². The number of ether oxygens (including phenoxy) is 2. The molecule has 0 saturated heterocycles. The van der Waals surface area contributed by atoms with Crippen molar-refractivity contribution in [3.8, 4) is 5.75 Å². The lowest BCUT2D eigenvalue weighted by Gasteiger charge is -2.32. The maximum Gasteiger partial charge on any atom is 0.344 e. The topological polar surface area (TPSA) is 55.8 Å². The summed E-state index contributed by atoms with van der Waals surface area (Å²) in [7, 11) is 0. The summed E-state index contributed by atoms with van der Waals surface area (Å²) in [4.78, 5) is 12.6. The van der Waals surface area contributed by atoms with E-state index in [9.17, 15) is 9.90 Å². The molecule has 37 heavy (non-hydrogen) atoms. The molecule has 0 unspecified atom stereocenters. The highest BCUT2D eigenvalue weighted by Gasteiger charge is 2.44. The molecule has 0 bridgehead atoms. The van der Waals surface area contributed by atoms with Crippen LogP contribution >= 0.6 is 0 Å². The minimum absolute atomic E-state index is 0.00715. The van der Waals surface area contributed by atoms with Gasteiger partial charge in [0.05, 0.1) is 6.10 Å². The van der Waals surface area contributed by atoms with Crippen LogP contribution in [0, 0.1) is 23.7 Å². The van der Waals surface area contributed by atoms with Gasteiger partial charge in [-0.25, -0.2) is 4.79 Å². The number of unbranched alkanes of at least 4 members (excludes halogenated alkanes) is 4. The van der Waals surface area contributed by atoms with E-state index in [1.54, 1.807) is 0 Å². The molecule has 1 aromatic rings. The number of fused-ring (bicyclic) bond motifs is 2. The Balaban J connectivity index is 1.55. The average Bonchev–Trinajstić information content (AvgIpc) is 3.20. The molecule has 4 nitrogen and oxygen atoms in total. The van der Waals surface area contributed by atoms with Crippen LogP contribution < -0.4 is 4.74 Å². The molecule has 1 fully saturated rings. The first-order chi connectivity index (χ1) is 18.0. The van der Waals surface area contributed by atoms with Crippen LogP contribution in [0.5, 0.6) is 5.75 Å². The van der Waals surface area contributed by atoms with Crippen molar-refractivity contribution in [1.29, 1.82) is 0 Å². The zero-order valence-corrected chi connectivity index (χ0v) is 24.2. The van der Waals surface area contributed by atoms with Crippen LogP contribution in [0.25, 0.3) is 0 Å². The third-order valence-corrected chi connectivity index (χ3v) is 9.04. The highest BCUT2D eigenvalue weighted by Crippen LogP contribution is 2.48. The molecule has 2 aliphatic rings. The normalized spacial score (nSPS) is 23.5. The van der Waals surface area contributed by atoms with Crippen LogP contribution in [-0.4, -0.2) is 29.9 Å². The van der Waals surface area contributed by atoms with E-state index >= 15 is 0 Å². The Kier molecular flexibility index (Phi) is 12.8. The van der Waals surface area contributed by atoms with Crippen LogP contribution in [0.2, 0.25) is 0 Å². The molecule has 5 atom stereocenters. The van der Waals surface area contributed by atoms with Crippen molar-refractivity contribution in [3.05, 3.63) is 29.3 Å². The van der Waals surface area contributed by atoms with Crippen molar-refractivity contribution in [2.75, 3.05) is 6.61 Å². The van der Waals surface area contributed by atoms with Crippen LogP contribution in [0.1, 0.15) is 122 Å². The largest absolute Gasteiger partial charge is 0.482 e. The maximum absolute atomic E-state index is 12.6. The minimum Gasteiger partial charge on any atom is -0.482 e. The SMILES string of the molecule is CCCCC[C@H](C)CC[C@@H]1[C@H]2Cc3cccc(OCC(=O)OC(CCCC)CCCC)c3C[C@H]2C[C@H]1O. The number of esters is 1. The van der Waals surface area contributed by atoms with E-state index in [0.717, 1.165) is 75.9 Å². The Labute approximate surface area is 226 Å². The summed E-state index contributed by atoms with van der Waals surface area (Å²) in [5.41, 5.74) is 2.58. The Bertz CT molecular complexity index is 798. The van der Waals surface area contributed by atoms with Gasteiger partial charge < -0.3 is 14.6 Å². The monoisotopic (exact) mass is 514 g/mol. The molecule has 210 valence electrons. The van der Waals surface area contributed by atoms with Crippen LogP contribution in [0.3, 0.4) is 0 Å². The summed E-state index contributed by atoms with van der Waals surface area (Å²) in [6.07, 6.45) is 16.6. The van der Waals surface area contributed by atoms with E-state index in [2.05, 4.69) is 39.8 Å². The molecule has 1 saturated carbocycles. The van der Waals surface area contributed by atoms with Crippen molar-refractivity contribution in [1.82, 2.24) is 0 Å². The Morgan fingerprint density at radius 1 is 0.973 bits per heavy atom. The molecule has 0 heterocycles. The van der Waals surface area contributed by atoms with Gasteiger partial charge in [0, 0.05) is 0 Å². The lowest BCUT2D eigenvalue weighted by atomic mass is 9.73. The van der Waals surface area contributed by atoms with Crippen LogP contribution in [0.4, 0.5) is 0 Å². The zero-order valence-electron chi connectivity index (χ0n) is 24.2. The van der Waals surface area contributed by atoms with Crippen molar-refractivity contribution < 1.29 is 19.4 Å². The van der Waals surface area contributed by atoms with E-state index in [1.165, 1.54) is 43.2 Å². The van der Waals surface area contributed by atoms with E-state index in [1.807, 2.05) is 6.07 Å². The van der Waals surface area contributed by atoms with E-state index in [4.69, 9.17) is 9.47 Å². The highest BCUT2D eigenvalue weighted by atomic mass is 16.6. The number of hydrogen-bond donors (Lipinski definition) is 1. The van der Waals surface area contributed by atoms with E-state index < -0.39 is 0 Å². The van der Waals surface area contributed by atoms with Gasteiger partial charge in [0.2, 0.25) is 0 Å². The molecule has 1 aromatic carbocycles. The fraction of sp³-hybridized carbons (Fsp3) is 0.788. The third kappa shape index (κ3) is 9.01. The summed E-state index contributed by atoms with van der Waals surface area (Å²) in [5, 5.41) is 11.0. The molecule has 0 spiro atoms. The van der Waals surface area contributed by atoms with Gasteiger partial charge in [0.15, 0.2) is 6.61 Å². The number of carbonyl (C=O) groups excluding carboxylic acids is 1. The van der Waals surface area contributed by atoms with Gasteiger partial charge in [0.25, 0.3) is 0 Å². The molecule has 0 amide bonds. The Morgan fingerprint density at radius 2 is 1.70 bits per heavy atom. The maximum atomic E-state index is 12.6. The zero-order chi connectivity index (χ0) is 26.6. The summed E-state index contributed by atoms with van der Waals surface area (Å²) in [5.74, 6) is 2.80. The van der Waals surface area contributed by atoms with Gasteiger partial charge in [-0.15, -0.1) is 0 Å². The van der Waals surface area contributed by atoms with Gasteiger partial charge >= 0.3 is 5.97 Å². The summed E-state index contributed by atoms with van der Waals surface area (Å²) >= 11 is 0. The van der Waals surface area contributed by atoms with Crippen LogP contribution in [-0.2, 0) is 22.4 Å². The first-order valence-corrected chi connectivity index (χ1v) is 15.6. The van der Waals surface area contributed by atoms with E-state index in [-0.39, 0.29) is 24.8 Å². The molecule has 0 aliphatic heterocycles.